The normalized spacial score (nSPS) is 10.3. The second kappa shape index (κ2) is 5.13. The lowest BCUT2D eigenvalue weighted by Gasteiger charge is -2.08. The number of hydrogen-bond donors (Lipinski definition) is 2. The van der Waals surface area contributed by atoms with Crippen molar-refractivity contribution in [3.63, 3.8) is 0 Å². The van der Waals surface area contributed by atoms with E-state index in [0.29, 0.717) is 6.54 Å². The first-order valence-electron chi connectivity index (χ1n) is 5.11. The summed E-state index contributed by atoms with van der Waals surface area (Å²) in [4.78, 5) is 8.25. The molecule has 0 saturated carbocycles. The van der Waals surface area contributed by atoms with E-state index in [4.69, 9.17) is 0 Å². The Morgan fingerprint density at radius 3 is 2.76 bits per heavy atom. The van der Waals surface area contributed by atoms with Gasteiger partial charge < -0.3 is 10.6 Å². The number of aryl methyl sites for hydroxylation is 1. The summed E-state index contributed by atoms with van der Waals surface area (Å²) >= 11 is 3.44. The molecule has 2 N–H and O–H groups in total. The van der Waals surface area contributed by atoms with Crippen LogP contribution in [-0.2, 0) is 13.6 Å². The van der Waals surface area contributed by atoms with E-state index in [1.165, 1.54) is 6.33 Å². The molecule has 2 aromatic heterocycles. The van der Waals surface area contributed by atoms with Gasteiger partial charge in [-0.1, -0.05) is 0 Å². The van der Waals surface area contributed by atoms with Gasteiger partial charge in [-0.25, -0.2) is 9.97 Å². The second-order valence-electron chi connectivity index (χ2n) is 3.47. The van der Waals surface area contributed by atoms with E-state index in [2.05, 4.69) is 41.6 Å². The molecule has 17 heavy (non-hydrogen) atoms. The molecule has 0 atom stereocenters. The van der Waals surface area contributed by atoms with Crippen LogP contribution in [-0.4, -0.2) is 26.8 Å². The number of rotatable bonds is 4. The van der Waals surface area contributed by atoms with Gasteiger partial charge in [0.05, 0.1) is 12.2 Å². The van der Waals surface area contributed by atoms with Gasteiger partial charge in [0, 0.05) is 20.3 Å². The summed E-state index contributed by atoms with van der Waals surface area (Å²) in [6.07, 6.45) is 3.42. The Kier molecular flexibility index (Phi) is 3.58. The number of hydrogen-bond acceptors (Lipinski definition) is 5. The van der Waals surface area contributed by atoms with Gasteiger partial charge in [-0.3, -0.25) is 4.68 Å². The fourth-order valence-electron chi connectivity index (χ4n) is 1.40. The molecule has 0 aliphatic carbocycles. The first-order valence-corrected chi connectivity index (χ1v) is 5.90. The molecule has 7 heteroatoms. The monoisotopic (exact) mass is 296 g/mol. The highest BCUT2D eigenvalue weighted by atomic mass is 79.9. The predicted molar refractivity (Wildman–Crippen MR) is 69.8 cm³/mol. The molecule has 0 bridgehead atoms. The minimum Gasteiger partial charge on any atom is -0.372 e. The fourth-order valence-corrected chi connectivity index (χ4v) is 1.94. The van der Waals surface area contributed by atoms with Crippen molar-refractivity contribution in [2.45, 2.75) is 6.54 Å². The maximum atomic E-state index is 4.28. The lowest BCUT2D eigenvalue weighted by atomic mass is 10.4. The molecule has 0 spiro atoms. The summed E-state index contributed by atoms with van der Waals surface area (Å²) in [6, 6.07) is 1.96. The standard InChI is InChI=1S/C10H13BrN6/c1-12-9-8(11)10(15-6-14-9)13-5-7-3-4-17(2)16-7/h3-4,6H,5H2,1-2H3,(H2,12,13,14,15). The van der Waals surface area contributed by atoms with Crippen LogP contribution < -0.4 is 10.6 Å². The van der Waals surface area contributed by atoms with Crippen LogP contribution in [0.5, 0.6) is 0 Å². The van der Waals surface area contributed by atoms with Crippen LogP contribution in [0.15, 0.2) is 23.1 Å². The molecular formula is C10H13BrN6. The first kappa shape index (κ1) is 11.8. The molecule has 0 fully saturated rings. The van der Waals surface area contributed by atoms with Gasteiger partial charge in [-0.2, -0.15) is 5.10 Å². The van der Waals surface area contributed by atoms with Crippen molar-refractivity contribution in [1.29, 1.82) is 0 Å². The first-order chi connectivity index (χ1) is 8.20. The van der Waals surface area contributed by atoms with E-state index in [0.717, 1.165) is 21.8 Å². The van der Waals surface area contributed by atoms with E-state index in [1.807, 2.05) is 26.4 Å². The Bertz CT molecular complexity index is 509. The Morgan fingerprint density at radius 1 is 1.35 bits per heavy atom. The van der Waals surface area contributed by atoms with Crippen LogP contribution >= 0.6 is 15.9 Å². The Morgan fingerprint density at radius 2 is 2.12 bits per heavy atom. The van der Waals surface area contributed by atoms with Crippen molar-refractivity contribution in [2.75, 3.05) is 17.7 Å². The lowest BCUT2D eigenvalue weighted by Crippen LogP contribution is -2.05. The van der Waals surface area contributed by atoms with E-state index in [-0.39, 0.29) is 0 Å². The number of anilines is 2. The molecule has 0 unspecified atom stereocenters. The Labute approximate surface area is 108 Å². The van der Waals surface area contributed by atoms with Crippen LogP contribution in [0.4, 0.5) is 11.6 Å². The second-order valence-corrected chi connectivity index (χ2v) is 4.26. The van der Waals surface area contributed by atoms with Gasteiger partial charge in [-0.05, 0) is 22.0 Å². The molecule has 0 aliphatic rings. The van der Waals surface area contributed by atoms with Crippen LogP contribution in [0.25, 0.3) is 0 Å². The van der Waals surface area contributed by atoms with Crippen LogP contribution in [0.2, 0.25) is 0 Å². The quantitative estimate of drug-likeness (QED) is 0.897. The molecule has 0 aliphatic heterocycles. The minimum atomic E-state index is 0.625. The number of nitrogens with zero attached hydrogens (tertiary/aromatic N) is 4. The number of aromatic nitrogens is 4. The van der Waals surface area contributed by atoms with Gasteiger partial charge in [0.2, 0.25) is 0 Å². The topological polar surface area (TPSA) is 67.7 Å². The molecule has 0 radical (unpaired) electrons. The molecule has 0 aromatic carbocycles. The van der Waals surface area contributed by atoms with E-state index >= 15 is 0 Å². The van der Waals surface area contributed by atoms with Crippen LogP contribution in [0.1, 0.15) is 5.69 Å². The fraction of sp³-hybridized carbons (Fsp3) is 0.300. The predicted octanol–water partition coefficient (Wildman–Crippen LogP) is 1.63. The third kappa shape index (κ3) is 2.73. The molecule has 90 valence electrons. The maximum absolute atomic E-state index is 4.28. The van der Waals surface area contributed by atoms with Crippen LogP contribution in [0.3, 0.4) is 0 Å². The van der Waals surface area contributed by atoms with Gasteiger partial charge >= 0.3 is 0 Å². The van der Waals surface area contributed by atoms with Crippen molar-refractivity contribution in [3.05, 3.63) is 28.8 Å². The largest absolute Gasteiger partial charge is 0.372 e. The van der Waals surface area contributed by atoms with Crippen molar-refractivity contribution in [1.82, 2.24) is 19.7 Å². The summed E-state index contributed by atoms with van der Waals surface area (Å²) in [5.41, 5.74) is 0.962. The SMILES string of the molecule is CNc1ncnc(NCc2ccn(C)n2)c1Br. The average molecular weight is 297 g/mol. The number of halogens is 1. The minimum absolute atomic E-state index is 0.625. The smallest absolute Gasteiger partial charge is 0.146 e. The van der Waals surface area contributed by atoms with E-state index in [1.54, 1.807) is 4.68 Å². The zero-order valence-corrected chi connectivity index (χ0v) is 11.2. The summed E-state index contributed by atoms with van der Waals surface area (Å²) in [6.45, 7) is 0.625. The maximum Gasteiger partial charge on any atom is 0.146 e. The van der Waals surface area contributed by atoms with Crippen molar-refractivity contribution in [3.8, 4) is 0 Å². The summed E-state index contributed by atoms with van der Waals surface area (Å²) in [5.74, 6) is 1.50. The van der Waals surface area contributed by atoms with Crippen molar-refractivity contribution in [2.24, 2.45) is 7.05 Å². The third-order valence-electron chi connectivity index (χ3n) is 2.23. The lowest BCUT2D eigenvalue weighted by molar-refractivity contribution is 0.747. The Hall–Kier alpha value is -1.63. The Balaban J connectivity index is 2.09. The average Bonchev–Trinajstić information content (AvgIpc) is 2.74. The molecule has 2 heterocycles. The number of nitrogens with one attached hydrogen (secondary N) is 2. The highest BCUT2D eigenvalue weighted by molar-refractivity contribution is 9.10. The van der Waals surface area contributed by atoms with Crippen molar-refractivity contribution >= 4 is 27.6 Å². The summed E-state index contributed by atoms with van der Waals surface area (Å²) in [5, 5.41) is 10.5. The summed E-state index contributed by atoms with van der Waals surface area (Å²) < 4.78 is 2.59. The molecule has 2 rings (SSSR count). The highest BCUT2D eigenvalue weighted by Gasteiger charge is 2.07. The van der Waals surface area contributed by atoms with Crippen LogP contribution in [0, 0.1) is 0 Å². The third-order valence-corrected chi connectivity index (χ3v) is 2.98. The van der Waals surface area contributed by atoms with Gasteiger partial charge in [-0.15, -0.1) is 0 Å². The zero-order chi connectivity index (χ0) is 12.3. The molecule has 2 aromatic rings. The molecule has 0 saturated heterocycles. The zero-order valence-electron chi connectivity index (χ0n) is 9.61. The van der Waals surface area contributed by atoms with Gasteiger partial charge in [0.25, 0.3) is 0 Å². The van der Waals surface area contributed by atoms with E-state index in [9.17, 15) is 0 Å². The van der Waals surface area contributed by atoms with Crippen molar-refractivity contribution < 1.29 is 0 Å². The molecule has 6 nitrogen and oxygen atoms in total. The van der Waals surface area contributed by atoms with E-state index < -0.39 is 0 Å². The summed E-state index contributed by atoms with van der Waals surface area (Å²) in [7, 11) is 3.71. The molecular weight excluding hydrogens is 284 g/mol. The van der Waals surface area contributed by atoms with Gasteiger partial charge in [0.15, 0.2) is 0 Å². The highest BCUT2D eigenvalue weighted by Crippen LogP contribution is 2.26. The molecule has 0 amide bonds. The van der Waals surface area contributed by atoms with Gasteiger partial charge in [0.1, 0.15) is 22.4 Å².